The summed E-state index contributed by atoms with van der Waals surface area (Å²) in [6, 6.07) is 3.58. The summed E-state index contributed by atoms with van der Waals surface area (Å²) in [5.41, 5.74) is -0.294. The topological polar surface area (TPSA) is 85.2 Å². The first-order valence-electron chi connectivity index (χ1n) is 5.95. The maximum absolute atomic E-state index is 13.5. The molecule has 1 aromatic carbocycles. The number of para-hydroxylation sites is 1. The van der Waals surface area contributed by atoms with Gasteiger partial charge in [0.1, 0.15) is 18.3 Å². The minimum absolute atomic E-state index is 0.0137. The van der Waals surface area contributed by atoms with Crippen LogP contribution in [-0.4, -0.2) is 55.8 Å². The lowest BCUT2D eigenvalue weighted by Crippen LogP contribution is -2.25. The van der Waals surface area contributed by atoms with Crippen molar-refractivity contribution in [3.05, 3.63) is 29.6 Å². The van der Waals surface area contributed by atoms with E-state index in [1.165, 1.54) is 19.2 Å². The third kappa shape index (κ3) is 5.12. The van der Waals surface area contributed by atoms with Gasteiger partial charge in [-0.2, -0.15) is 0 Å². The number of benzene rings is 1. The second-order valence-corrected chi connectivity index (χ2v) is 3.95. The Hall–Kier alpha value is -1.70. The first kappa shape index (κ1) is 16.4. The molecule has 0 spiro atoms. The van der Waals surface area contributed by atoms with Gasteiger partial charge in [0.2, 0.25) is 0 Å². The molecule has 0 saturated carbocycles. The largest absolute Gasteiger partial charge is 0.487 e. The van der Waals surface area contributed by atoms with Crippen LogP contribution < -0.4 is 4.74 Å². The van der Waals surface area contributed by atoms with Gasteiger partial charge in [-0.1, -0.05) is 6.07 Å². The number of carboxylic acid groups (broad SMARTS) is 1. The molecular formula is C13H17FO6. The van der Waals surface area contributed by atoms with Crippen LogP contribution in [0.15, 0.2) is 18.2 Å². The van der Waals surface area contributed by atoms with Crippen molar-refractivity contribution in [3.8, 4) is 5.75 Å². The first-order valence-corrected chi connectivity index (χ1v) is 5.95. The van der Waals surface area contributed by atoms with Gasteiger partial charge in [0.25, 0.3) is 0 Å². The first-order chi connectivity index (χ1) is 9.56. The van der Waals surface area contributed by atoms with Crippen LogP contribution in [0, 0.1) is 5.82 Å². The number of hydrogen-bond donors (Lipinski definition) is 2. The summed E-state index contributed by atoms with van der Waals surface area (Å²) < 4.78 is 28.4. The molecule has 0 saturated heterocycles. The van der Waals surface area contributed by atoms with Crippen molar-refractivity contribution >= 4 is 5.97 Å². The number of carboxylic acids is 1. The van der Waals surface area contributed by atoms with Crippen LogP contribution >= 0.6 is 0 Å². The summed E-state index contributed by atoms with van der Waals surface area (Å²) in [7, 11) is 1.52. The molecule has 1 rings (SSSR count). The van der Waals surface area contributed by atoms with Crippen molar-refractivity contribution in [2.75, 3.05) is 33.5 Å². The van der Waals surface area contributed by atoms with Crippen LogP contribution in [0.3, 0.4) is 0 Å². The molecule has 6 nitrogen and oxygen atoms in total. The van der Waals surface area contributed by atoms with Gasteiger partial charge in [0.05, 0.1) is 19.8 Å². The number of aliphatic hydroxyl groups excluding tert-OH is 1. The fourth-order valence-electron chi connectivity index (χ4n) is 1.41. The standard InChI is InChI=1S/C13H17FO6/c1-18-5-6-19-7-9(15)8-20-12-10(13(16)17)3-2-4-11(12)14/h2-4,9,15H,5-8H2,1H3,(H,16,17). The lowest BCUT2D eigenvalue weighted by molar-refractivity contribution is -0.00490. The van der Waals surface area contributed by atoms with Gasteiger partial charge >= 0.3 is 5.97 Å². The second kappa shape index (κ2) is 8.47. The van der Waals surface area contributed by atoms with E-state index < -0.39 is 23.6 Å². The van der Waals surface area contributed by atoms with E-state index in [-0.39, 0.29) is 18.8 Å². The molecule has 20 heavy (non-hydrogen) atoms. The molecular weight excluding hydrogens is 271 g/mol. The van der Waals surface area contributed by atoms with Crippen molar-refractivity contribution in [2.45, 2.75) is 6.10 Å². The summed E-state index contributed by atoms with van der Waals surface area (Å²) in [4.78, 5) is 10.9. The normalized spacial score (nSPS) is 12.2. The summed E-state index contributed by atoms with van der Waals surface area (Å²) in [6.45, 7) is 0.423. The molecule has 0 aliphatic rings. The lowest BCUT2D eigenvalue weighted by Gasteiger charge is -2.14. The van der Waals surface area contributed by atoms with Crippen molar-refractivity contribution in [1.29, 1.82) is 0 Å². The number of ether oxygens (including phenoxy) is 3. The van der Waals surface area contributed by atoms with Gasteiger partial charge in [-0.3, -0.25) is 0 Å². The fourth-order valence-corrected chi connectivity index (χ4v) is 1.41. The van der Waals surface area contributed by atoms with Gasteiger partial charge in [-0.25, -0.2) is 9.18 Å². The smallest absolute Gasteiger partial charge is 0.339 e. The highest BCUT2D eigenvalue weighted by molar-refractivity contribution is 5.90. The number of rotatable bonds is 9. The van der Waals surface area contributed by atoms with E-state index in [0.29, 0.717) is 13.2 Å². The number of hydrogen-bond acceptors (Lipinski definition) is 5. The van der Waals surface area contributed by atoms with Crippen LogP contribution in [0.5, 0.6) is 5.75 Å². The Morgan fingerprint density at radius 3 is 2.75 bits per heavy atom. The number of aromatic carboxylic acids is 1. The molecule has 7 heteroatoms. The summed E-state index contributed by atoms with van der Waals surface area (Å²) in [5.74, 6) is -2.49. The third-order valence-corrected chi connectivity index (χ3v) is 2.36. The minimum atomic E-state index is -1.30. The van der Waals surface area contributed by atoms with Gasteiger partial charge in [-0.15, -0.1) is 0 Å². The Labute approximate surface area is 115 Å². The summed E-state index contributed by atoms with van der Waals surface area (Å²) in [6.07, 6.45) is -0.992. The van der Waals surface area contributed by atoms with E-state index >= 15 is 0 Å². The predicted molar refractivity (Wildman–Crippen MR) is 67.6 cm³/mol. The highest BCUT2D eigenvalue weighted by Crippen LogP contribution is 2.22. The molecule has 0 heterocycles. The number of aliphatic hydroxyl groups is 1. The van der Waals surface area contributed by atoms with Gasteiger partial charge < -0.3 is 24.4 Å². The molecule has 1 unspecified atom stereocenters. The zero-order valence-electron chi connectivity index (χ0n) is 11.0. The van der Waals surface area contributed by atoms with Crippen LogP contribution in [0.1, 0.15) is 10.4 Å². The number of methoxy groups -OCH3 is 1. The van der Waals surface area contributed by atoms with E-state index in [2.05, 4.69) is 0 Å². The van der Waals surface area contributed by atoms with Crippen molar-refractivity contribution < 1.29 is 33.6 Å². The molecule has 0 aliphatic heterocycles. The Bertz CT molecular complexity index is 437. The van der Waals surface area contributed by atoms with Crippen LogP contribution in [0.4, 0.5) is 4.39 Å². The summed E-state index contributed by atoms with van der Waals surface area (Å²) in [5, 5.41) is 18.5. The zero-order chi connectivity index (χ0) is 15.0. The van der Waals surface area contributed by atoms with E-state index in [0.717, 1.165) is 6.07 Å². The van der Waals surface area contributed by atoms with E-state index in [4.69, 9.17) is 19.3 Å². The van der Waals surface area contributed by atoms with Gasteiger partial charge in [-0.05, 0) is 12.1 Å². The second-order valence-electron chi connectivity index (χ2n) is 3.95. The quantitative estimate of drug-likeness (QED) is 0.657. The average Bonchev–Trinajstić information content (AvgIpc) is 2.42. The van der Waals surface area contributed by atoms with E-state index in [9.17, 15) is 14.3 Å². The predicted octanol–water partition coefficient (Wildman–Crippen LogP) is 0.927. The molecule has 0 aliphatic carbocycles. The van der Waals surface area contributed by atoms with Gasteiger partial charge in [0.15, 0.2) is 11.6 Å². The van der Waals surface area contributed by atoms with Crippen LogP contribution in [0.2, 0.25) is 0 Å². The molecule has 0 aromatic heterocycles. The maximum atomic E-state index is 13.5. The fraction of sp³-hybridized carbons (Fsp3) is 0.462. The molecule has 0 amide bonds. The van der Waals surface area contributed by atoms with Crippen molar-refractivity contribution in [3.63, 3.8) is 0 Å². The molecule has 1 aromatic rings. The van der Waals surface area contributed by atoms with Crippen LogP contribution in [-0.2, 0) is 9.47 Å². The lowest BCUT2D eigenvalue weighted by atomic mass is 10.2. The Morgan fingerprint density at radius 1 is 1.35 bits per heavy atom. The SMILES string of the molecule is COCCOCC(O)COc1c(F)cccc1C(=O)O. The molecule has 0 bridgehead atoms. The zero-order valence-corrected chi connectivity index (χ0v) is 11.0. The van der Waals surface area contributed by atoms with Gasteiger partial charge in [0, 0.05) is 7.11 Å². The molecule has 0 fully saturated rings. The summed E-state index contributed by atoms with van der Waals surface area (Å²) >= 11 is 0. The number of carbonyl (C=O) groups is 1. The van der Waals surface area contributed by atoms with Crippen molar-refractivity contribution in [2.24, 2.45) is 0 Å². The molecule has 2 N–H and O–H groups in total. The average molecular weight is 288 g/mol. The Morgan fingerprint density at radius 2 is 2.10 bits per heavy atom. The monoisotopic (exact) mass is 288 g/mol. The van der Waals surface area contributed by atoms with Crippen LogP contribution in [0.25, 0.3) is 0 Å². The number of halogens is 1. The third-order valence-electron chi connectivity index (χ3n) is 2.36. The van der Waals surface area contributed by atoms with E-state index in [1.54, 1.807) is 0 Å². The van der Waals surface area contributed by atoms with Crippen molar-refractivity contribution in [1.82, 2.24) is 0 Å². The van der Waals surface area contributed by atoms with E-state index in [1.807, 2.05) is 0 Å². The maximum Gasteiger partial charge on any atom is 0.339 e. The Balaban J connectivity index is 2.50. The highest BCUT2D eigenvalue weighted by atomic mass is 19.1. The molecule has 112 valence electrons. The minimum Gasteiger partial charge on any atom is -0.487 e. The molecule has 0 radical (unpaired) electrons. The highest BCUT2D eigenvalue weighted by Gasteiger charge is 2.17. The Kier molecular flexibility index (Phi) is 6.92. The molecule has 1 atom stereocenters.